The lowest BCUT2D eigenvalue weighted by molar-refractivity contribution is 0.0383. The molecule has 0 N–H and O–H groups in total. The second-order valence-electron chi connectivity index (χ2n) is 6.91. The molecule has 2 aliphatic rings. The number of fused-ring (bicyclic) bond motifs is 1. The first-order chi connectivity index (χ1) is 12.4. The maximum Gasteiger partial charge on any atom is 0.251 e. The predicted molar refractivity (Wildman–Crippen MR) is 96.4 cm³/mol. The summed E-state index contributed by atoms with van der Waals surface area (Å²) in [7, 11) is -3.40. The van der Waals surface area contributed by atoms with Crippen LogP contribution in [0.4, 0.5) is 8.78 Å². The molecule has 1 aromatic rings. The van der Waals surface area contributed by atoms with E-state index >= 15 is 0 Å². The molecule has 26 heavy (non-hydrogen) atoms. The number of hydrogen-bond donors (Lipinski definition) is 0. The molecule has 2 heterocycles. The van der Waals surface area contributed by atoms with Gasteiger partial charge in [0, 0.05) is 32.1 Å². The predicted octanol–water partition coefficient (Wildman–Crippen LogP) is 2.16. The summed E-state index contributed by atoms with van der Waals surface area (Å²) in [5.74, 6) is 0.926. The third kappa shape index (κ3) is 4.53. The second-order valence-corrected chi connectivity index (χ2v) is 9.00. The zero-order valence-electron chi connectivity index (χ0n) is 15.0. The van der Waals surface area contributed by atoms with Crippen molar-refractivity contribution in [1.82, 2.24) is 9.21 Å². The Morgan fingerprint density at radius 2 is 2.12 bits per heavy atom. The van der Waals surface area contributed by atoms with Gasteiger partial charge in [-0.05, 0) is 30.0 Å². The maximum atomic E-state index is 12.7. The Labute approximate surface area is 154 Å². The number of alkyl halides is 2. The number of piperazine rings is 1. The normalized spacial score (nSPS) is 21.8. The van der Waals surface area contributed by atoms with E-state index in [1.807, 2.05) is 25.1 Å². The van der Waals surface area contributed by atoms with Gasteiger partial charge < -0.3 is 4.74 Å². The number of nitrogens with zero attached hydrogens (tertiary/aromatic N) is 2. The Kier molecular flexibility index (Phi) is 6.14. The Morgan fingerprint density at radius 1 is 1.31 bits per heavy atom. The highest BCUT2D eigenvalue weighted by molar-refractivity contribution is 7.89. The summed E-state index contributed by atoms with van der Waals surface area (Å²) in [6, 6.07) is 5.69. The number of rotatable bonds is 7. The van der Waals surface area contributed by atoms with Crippen LogP contribution in [0.2, 0.25) is 0 Å². The summed E-state index contributed by atoms with van der Waals surface area (Å²) < 4.78 is 57.7. The van der Waals surface area contributed by atoms with E-state index in [9.17, 15) is 17.2 Å². The van der Waals surface area contributed by atoms with Crippen LogP contribution in [-0.2, 0) is 22.9 Å². The van der Waals surface area contributed by atoms with Crippen LogP contribution >= 0.6 is 0 Å². The van der Waals surface area contributed by atoms with Crippen molar-refractivity contribution in [3.8, 4) is 5.75 Å². The fraction of sp³-hybridized carbons (Fsp3) is 0.667. The van der Waals surface area contributed by atoms with E-state index in [4.69, 9.17) is 4.74 Å². The van der Waals surface area contributed by atoms with Crippen molar-refractivity contribution in [3.63, 3.8) is 0 Å². The average molecular weight is 388 g/mol. The minimum absolute atomic E-state index is 0.0396. The van der Waals surface area contributed by atoms with Crippen LogP contribution in [0.15, 0.2) is 18.2 Å². The second kappa shape index (κ2) is 8.19. The molecular weight excluding hydrogens is 362 g/mol. The van der Waals surface area contributed by atoms with Crippen molar-refractivity contribution >= 4 is 10.0 Å². The lowest BCUT2D eigenvalue weighted by Crippen LogP contribution is -2.55. The standard InChI is InChI=1S/C18H26F2N2O3S/c1-2-16-12-22(8-7-21(16)13-18(19)20)26(23,24)10-6-14-3-4-17-15(11-14)5-9-25-17/h3-4,11,16,18H,2,5-10,12-13H2,1H3. The molecule has 1 aromatic carbocycles. The molecule has 146 valence electrons. The van der Waals surface area contributed by atoms with Crippen LogP contribution in [0.25, 0.3) is 0 Å². The molecule has 0 bridgehead atoms. The SMILES string of the molecule is CCC1CN(S(=O)(=O)CCc2ccc3c(c2)CCO3)CCN1CC(F)F. The summed E-state index contributed by atoms with van der Waals surface area (Å²) in [6.45, 7) is 3.24. The molecule has 0 saturated carbocycles. The van der Waals surface area contributed by atoms with E-state index in [-0.39, 0.29) is 24.9 Å². The zero-order chi connectivity index (χ0) is 18.7. The van der Waals surface area contributed by atoms with E-state index in [0.29, 0.717) is 32.5 Å². The molecule has 1 saturated heterocycles. The highest BCUT2D eigenvalue weighted by Gasteiger charge is 2.33. The number of benzene rings is 1. The largest absolute Gasteiger partial charge is 0.493 e. The minimum Gasteiger partial charge on any atom is -0.493 e. The first-order valence-electron chi connectivity index (χ1n) is 9.13. The van der Waals surface area contributed by atoms with E-state index in [1.165, 1.54) is 4.31 Å². The van der Waals surface area contributed by atoms with Crippen molar-refractivity contribution < 1.29 is 21.9 Å². The summed E-state index contributed by atoms with van der Waals surface area (Å²) in [5, 5.41) is 0. The van der Waals surface area contributed by atoms with Gasteiger partial charge in [-0.15, -0.1) is 0 Å². The zero-order valence-corrected chi connectivity index (χ0v) is 15.9. The van der Waals surface area contributed by atoms with Gasteiger partial charge in [0.1, 0.15) is 5.75 Å². The molecule has 1 unspecified atom stereocenters. The van der Waals surface area contributed by atoms with Crippen molar-refractivity contribution in [2.24, 2.45) is 0 Å². The van der Waals surface area contributed by atoms with Gasteiger partial charge in [0.25, 0.3) is 6.43 Å². The van der Waals surface area contributed by atoms with Crippen LogP contribution in [0, 0.1) is 0 Å². The number of sulfonamides is 1. The van der Waals surface area contributed by atoms with Gasteiger partial charge in [-0.25, -0.2) is 17.2 Å². The molecule has 0 spiro atoms. The smallest absolute Gasteiger partial charge is 0.251 e. The van der Waals surface area contributed by atoms with Gasteiger partial charge in [-0.3, -0.25) is 4.90 Å². The van der Waals surface area contributed by atoms with Crippen LogP contribution < -0.4 is 4.74 Å². The van der Waals surface area contributed by atoms with Gasteiger partial charge in [-0.2, -0.15) is 4.31 Å². The molecule has 5 nitrogen and oxygen atoms in total. The van der Waals surface area contributed by atoms with Gasteiger partial charge in [0.2, 0.25) is 10.0 Å². The van der Waals surface area contributed by atoms with Crippen molar-refractivity contribution in [2.75, 3.05) is 38.5 Å². The quantitative estimate of drug-likeness (QED) is 0.718. The monoisotopic (exact) mass is 388 g/mol. The molecule has 1 atom stereocenters. The van der Waals surface area contributed by atoms with Crippen molar-refractivity contribution in [1.29, 1.82) is 0 Å². The van der Waals surface area contributed by atoms with Gasteiger partial charge in [0.05, 0.1) is 18.9 Å². The third-order valence-corrected chi connectivity index (χ3v) is 7.05. The molecule has 8 heteroatoms. The van der Waals surface area contributed by atoms with Crippen LogP contribution in [0.3, 0.4) is 0 Å². The highest BCUT2D eigenvalue weighted by atomic mass is 32.2. The molecule has 0 aromatic heterocycles. The van der Waals surface area contributed by atoms with Crippen molar-refractivity contribution in [2.45, 2.75) is 38.7 Å². The molecule has 2 aliphatic heterocycles. The lowest BCUT2D eigenvalue weighted by Gasteiger charge is -2.40. The van der Waals surface area contributed by atoms with Gasteiger partial charge in [0.15, 0.2) is 0 Å². The molecule has 0 radical (unpaired) electrons. The third-order valence-electron chi connectivity index (χ3n) is 5.21. The average Bonchev–Trinajstić information content (AvgIpc) is 3.07. The number of ether oxygens (including phenoxy) is 1. The Bertz CT molecular complexity index is 727. The first kappa shape index (κ1) is 19.5. The lowest BCUT2D eigenvalue weighted by atomic mass is 10.1. The van der Waals surface area contributed by atoms with E-state index in [1.54, 1.807) is 4.90 Å². The molecule has 0 amide bonds. The highest BCUT2D eigenvalue weighted by Crippen LogP contribution is 2.26. The van der Waals surface area contributed by atoms with Crippen LogP contribution in [-0.4, -0.2) is 68.6 Å². The Balaban J connectivity index is 1.59. The molecular formula is C18H26F2N2O3S. The fourth-order valence-corrected chi connectivity index (χ4v) is 5.20. The number of hydrogen-bond acceptors (Lipinski definition) is 4. The number of aryl methyl sites for hydroxylation is 1. The molecule has 1 fully saturated rings. The molecule has 3 rings (SSSR count). The number of halogens is 2. The summed E-state index contributed by atoms with van der Waals surface area (Å²) in [6.07, 6.45) is -0.427. The van der Waals surface area contributed by atoms with Gasteiger partial charge in [-0.1, -0.05) is 19.1 Å². The first-order valence-corrected chi connectivity index (χ1v) is 10.7. The van der Waals surface area contributed by atoms with Crippen molar-refractivity contribution in [3.05, 3.63) is 29.3 Å². The van der Waals surface area contributed by atoms with E-state index < -0.39 is 16.4 Å². The Morgan fingerprint density at radius 3 is 2.85 bits per heavy atom. The summed E-state index contributed by atoms with van der Waals surface area (Å²) >= 11 is 0. The van der Waals surface area contributed by atoms with Gasteiger partial charge >= 0.3 is 0 Å². The maximum absolute atomic E-state index is 12.7. The Hall–Kier alpha value is -1.25. The van der Waals surface area contributed by atoms with Crippen LogP contribution in [0.5, 0.6) is 5.75 Å². The van der Waals surface area contributed by atoms with E-state index in [0.717, 1.165) is 23.3 Å². The summed E-state index contributed by atoms with van der Waals surface area (Å²) in [5.41, 5.74) is 2.12. The topological polar surface area (TPSA) is 49.9 Å². The van der Waals surface area contributed by atoms with Crippen LogP contribution in [0.1, 0.15) is 24.5 Å². The summed E-state index contributed by atoms with van der Waals surface area (Å²) in [4.78, 5) is 1.71. The minimum atomic E-state index is -3.40. The molecule has 0 aliphatic carbocycles. The fourth-order valence-electron chi connectivity index (χ4n) is 3.69. The van der Waals surface area contributed by atoms with E-state index in [2.05, 4.69) is 0 Å².